The first-order chi connectivity index (χ1) is 5.77. The van der Waals surface area contributed by atoms with E-state index in [0.717, 1.165) is 25.4 Å². The Kier molecular flexibility index (Phi) is 3.55. The topological polar surface area (TPSA) is 33.0 Å². The SMILES string of the molecule is CCOC1CC(C)CCC1C#N. The van der Waals surface area contributed by atoms with Gasteiger partial charge in [-0.3, -0.25) is 0 Å². The zero-order valence-electron chi connectivity index (χ0n) is 7.92. The molecule has 0 bridgehead atoms. The van der Waals surface area contributed by atoms with Gasteiger partial charge in [-0.2, -0.15) is 5.26 Å². The summed E-state index contributed by atoms with van der Waals surface area (Å²) in [5.41, 5.74) is 0. The van der Waals surface area contributed by atoms with E-state index in [1.54, 1.807) is 0 Å². The third-order valence-electron chi connectivity index (χ3n) is 2.60. The van der Waals surface area contributed by atoms with Crippen LogP contribution < -0.4 is 0 Å². The van der Waals surface area contributed by atoms with Crippen LogP contribution in [0.1, 0.15) is 33.1 Å². The van der Waals surface area contributed by atoms with E-state index >= 15 is 0 Å². The molecule has 2 nitrogen and oxygen atoms in total. The Hall–Kier alpha value is -0.550. The van der Waals surface area contributed by atoms with E-state index in [4.69, 9.17) is 10.00 Å². The fraction of sp³-hybridized carbons (Fsp3) is 0.900. The Labute approximate surface area is 74.5 Å². The van der Waals surface area contributed by atoms with Gasteiger partial charge in [0.1, 0.15) is 0 Å². The summed E-state index contributed by atoms with van der Waals surface area (Å²) < 4.78 is 5.53. The Balaban J connectivity index is 2.47. The molecule has 3 atom stereocenters. The lowest BCUT2D eigenvalue weighted by Gasteiger charge is -2.30. The van der Waals surface area contributed by atoms with Gasteiger partial charge in [-0.05, 0) is 32.1 Å². The van der Waals surface area contributed by atoms with Crippen molar-refractivity contribution in [1.29, 1.82) is 5.26 Å². The first-order valence-electron chi connectivity index (χ1n) is 4.79. The highest BCUT2D eigenvalue weighted by Crippen LogP contribution is 2.30. The van der Waals surface area contributed by atoms with Gasteiger partial charge in [0.25, 0.3) is 0 Å². The fourth-order valence-electron chi connectivity index (χ4n) is 1.87. The molecule has 1 rings (SSSR count). The molecule has 2 heteroatoms. The van der Waals surface area contributed by atoms with E-state index in [1.807, 2.05) is 6.92 Å². The lowest BCUT2D eigenvalue weighted by Crippen LogP contribution is -2.30. The molecule has 0 saturated heterocycles. The lowest BCUT2D eigenvalue weighted by molar-refractivity contribution is -0.000267. The highest BCUT2D eigenvalue weighted by atomic mass is 16.5. The number of hydrogen-bond acceptors (Lipinski definition) is 2. The minimum atomic E-state index is 0.140. The van der Waals surface area contributed by atoms with Gasteiger partial charge < -0.3 is 4.74 Å². The predicted octanol–water partition coefficient (Wildman–Crippen LogP) is 2.35. The molecule has 0 heterocycles. The van der Waals surface area contributed by atoms with Crippen molar-refractivity contribution in [2.75, 3.05) is 6.61 Å². The summed E-state index contributed by atoms with van der Waals surface area (Å²) in [5.74, 6) is 0.868. The molecule has 0 aliphatic heterocycles. The molecule has 0 amide bonds. The average Bonchev–Trinajstić information content (AvgIpc) is 2.05. The van der Waals surface area contributed by atoms with E-state index < -0.39 is 0 Å². The maximum absolute atomic E-state index is 8.84. The molecule has 0 aromatic carbocycles. The number of rotatable bonds is 2. The molecule has 1 fully saturated rings. The van der Waals surface area contributed by atoms with Gasteiger partial charge in [0.15, 0.2) is 0 Å². The average molecular weight is 167 g/mol. The van der Waals surface area contributed by atoms with Crippen LogP contribution in [0.4, 0.5) is 0 Å². The van der Waals surface area contributed by atoms with Crippen molar-refractivity contribution in [3.63, 3.8) is 0 Å². The third-order valence-corrected chi connectivity index (χ3v) is 2.60. The first kappa shape index (κ1) is 9.54. The quantitative estimate of drug-likeness (QED) is 0.632. The van der Waals surface area contributed by atoms with Crippen LogP contribution >= 0.6 is 0 Å². The zero-order chi connectivity index (χ0) is 8.97. The zero-order valence-corrected chi connectivity index (χ0v) is 7.92. The van der Waals surface area contributed by atoms with Crippen LogP contribution in [0.5, 0.6) is 0 Å². The summed E-state index contributed by atoms with van der Waals surface area (Å²) in [6.45, 7) is 4.96. The summed E-state index contributed by atoms with van der Waals surface area (Å²) >= 11 is 0. The Bertz CT molecular complexity index is 173. The van der Waals surface area contributed by atoms with Gasteiger partial charge in [-0.1, -0.05) is 6.92 Å². The number of ether oxygens (including phenoxy) is 1. The van der Waals surface area contributed by atoms with Gasteiger partial charge in [-0.15, -0.1) is 0 Å². The van der Waals surface area contributed by atoms with Gasteiger partial charge in [0.2, 0.25) is 0 Å². The van der Waals surface area contributed by atoms with Crippen molar-refractivity contribution in [3.8, 4) is 6.07 Å². The molecule has 68 valence electrons. The Morgan fingerprint density at radius 3 is 2.83 bits per heavy atom. The maximum atomic E-state index is 8.84. The van der Waals surface area contributed by atoms with E-state index in [2.05, 4.69) is 13.0 Å². The molecule has 0 aromatic heterocycles. The van der Waals surface area contributed by atoms with Crippen LogP contribution in [-0.2, 0) is 4.74 Å². The van der Waals surface area contributed by atoms with E-state index in [-0.39, 0.29) is 12.0 Å². The van der Waals surface area contributed by atoms with Gasteiger partial charge in [0, 0.05) is 6.61 Å². The molecular weight excluding hydrogens is 150 g/mol. The summed E-state index contributed by atoms with van der Waals surface area (Å²) in [6.07, 6.45) is 3.46. The van der Waals surface area contributed by atoms with Crippen molar-refractivity contribution in [2.45, 2.75) is 39.2 Å². The highest BCUT2D eigenvalue weighted by molar-refractivity contribution is 4.92. The second-order valence-electron chi connectivity index (χ2n) is 3.65. The molecule has 3 unspecified atom stereocenters. The highest BCUT2D eigenvalue weighted by Gasteiger charge is 2.28. The molecule has 0 spiro atoms. The molecule has 1 saturated carbocycles. The van der Waals surface area contributed by atoms with Gasteiger partial charge >= 0.3 is 0 Å². The van der Waals surface area contributed by atoms with Crippen molar-refractivity contribution in [2.24, 2.45) is 11.8 Å². The second-order valence-corrected chi connectivity index (χ2v) is 3.65. The van der Waals surface area contributed by atoms with Crippen molar-refractivity contribution < 1.29 is 4.74 Å². The van der Waals surface area contributed by atoms with E-state index in [1.165, 1.54) is 6.42 Å². The van der Waals surface area contributed by atoms with Crippen LogP contribution in [0.25, 0.3) is 0 Å². The molecule has 0 radical (unpaired) electrons. The summed E-state index contributed by atoms with van der Waals surface area (Å²) in [4.78, 5) is 0. The number of hydrogen-bond donors (Lipinski definition) is 0. The predicted molar refractivity (Wildman–Crippen MR) is 47.5 cm³/mol. The fourth-order valence-corrected chi connectivity index (χ4v) is 1.87. The largest absolute Gasteiger partial charge is 0.377 e. The monoisotopic (exact) mass is 167 g/mol. The van der Waals surface area contributed by atoms with Gasteiger partial charge in [0.05, 0.1) is 18.1 Å². The minimum absolute atomic E-state index is 0.140. The number of nitriles is 1. The summed E-state index contributed by atoms with van der Waals surface area (Å²) in [5, 5.41) is 8.84. The standard InChI is InChI=1S/C10H17NO/c1-3-12-10-6-8(2)4-5-9(10)7-11/h8-10H,3-6H2,1-2H3. The lowest BCUT2D eigenvalue weighted by atomic mass is 9.81. The van der Waals surface area contributed by atoms with Crippen LogP contribution in [0.3, 0.4) is 0 Å². The first-order valence-corrected chi connectivity index (χ1v) is 4.79. The van der Waals surface area contributed by atoms with Crippen molar-refractivity contribution >= 4 is 0 Å². The summed E-state index contributed by atoms with van der Waals surface area (Å²) in [7, 11) is 0. The minimum Gasteiger partial charge on any atom is -0.377 e. The summed E-state index contributed by atoms with van der Waals surface area (Å²) in [6, 6.07) is 2.33. The van der Waals surface area contributed by atoms with Crippen LogP contribution in [0, 0.1) is 23.2 Å². The van der Waals surface area contributed by atoms with Crippen molar-refractivity contribution in [3.05, 3.63) is 0 Å². The molecule has 1 aliphatic carbocycles. The second kappa shape index (κ2) is 4.47. The Morgan fingerprint density at radius 1 is 1.50 bits per heavy atom. The Morgan fingerprint density at radius 2 is 2.25 bits per heavy atom. The van der Waals surface area contributed by atoms with Crippen LogP contribution in [0.15, 0.2) is 0 Å². The maximum Gasteiger partial charge on any atom is 0.0735 e. The third kappa shape index (κ3) is 2.22. The smallest absolute Gasteiger partial charge is 0.0735 e. The van der Waals surface area contributed by atoms with Crippen molar-refractivity contribution in [1.82, 2.24) is 0 Å². The molecule has 0 N–H and O–H groups in total. The van der Waals surface area contributed by atoms with Crippen LogP contribution in [0.2, 0.25) is 0 Å². The molecule has 0 aromatic rings. The van der Waals surface area contributed by atoms with E-state index in [0.29, 0.717) is 0 Å². The van der Waals surface area contributed by atoms with E-state index in [9.17, 15) is 0 Å². The van der Waals surface area contributed by atoms with Crippen LogP contribution in [-0.4, -0.2) is 12.7 Å². The van der Waals surface area contributed by atoms with Gasteiger partial charge in [-0.25, -0.2) is 0 Å². The number of nitrogens with zero attached hydrogens (tertiary/aromatic N) is 1. The molecule has 12 heavy (non-hydrogen) atoms. The molecular formula is C10H17NO. The molecule has 1 aliphatic rings. The normalized spacial score (nSPS) is 35.9.